The number of carboxylic acid groups (broad SMARTS) is 1. The lowest BCUT2D eigenvalue weighted by Crippen LogP contribution is -2.43. The van der Waals surface area contributed by atoms with Crippen LogP contribution >= 0.6 is 0 Å². The molecule has 0 bridgehead atoms. The van der Waals surface area contributed by atoms with Crippen LogP contribution in [0.15, 0.2) is 30.0 Å². The monoisotopic (exact) mass is 676 g/mol. The Kier molecular flexibility index (Phi) is 36.6. The quantitative estimate of drug-likeness (QED) is 0.150. The van der Waals surface area contributed by atoms with E-state index in [4.69, 9.17) is 39.4 Å². The summed E-state index contributed by atoms with van der Waals surface area (Å²) < 4.78 is 30.3. The SMILES string of the molecule is C/C=C(\C)OC=O.CC=O.CC=O.CO.COC(C)=O.COCc1ccc(OC2CC(OC)CC(C(=O)O)O2)c(NC(=O)CCN)c1. The molecule has 3 unspecified atom stereocenters. The van der Waals surface area contributed by atoms with Crippen LogP contribution in [-0.4, -0.2) is 101 Å². The molecule has 1 fully saturated rings. The van der Waals surface area contributed by atoms with Gasteiger partial charge < -0.3 is 59.3 Å². The van der Waals surface area contributed by atoms with Crippen molar-refractivity contribution in [2.75, 3.05) is 40.3 Å². The number of nitrogens with one attached hydrogen (secondary N) is 1. The van der Waals surface area contributed by atoms with E-state index in [1.54, 1.807) is 45.2 Å². The average molecular weight is 677 g/mol. The molecule has 1 aliphatic heterocycles. The molecule has 1 aromatic rings. The van der Waals surface area contributed by atoms with Crippen molar-refractivity contribution < 1.29 is 67.4 Å². The van der Waals surface area contributed by atoms with Gasteiger partial charge in [-0.15, -0.1) is 0 Å². The lowest BCUT2D eigenvalue weighted by molar-refractivity contribution is -0.198. The number of nitrogens with two attached hydrogens (primary N) is 1. The summed E-state index contributed by atoms with van der Waals surface area (Å²) in [6, 6.07) is 5.21. The number of carbonyl (C=O) groups excluding carboxylic acids is 5. The molecule has 0 spiro atoms. The molecule has 1 amide bonds. The third-order valence-electron chi connectivity index (χ3n) is 5.04. The van der Waals surface area contributed by atoms with E-state index < -0.39 is 18.4 Å². The second kappa shape index (κ2) is 34.6. The van der Waals surface area contributed by atoms with Crippen LogP contribution in [-0.2, 0) is 59.1 Å². The maximum absolute atomic E-state index is 12.0. The third kappa shape index (κ3) is 29.0. The molecule has 1 heterocycles. The third-order valence-corrected chi connectivity index (χ3v) is 5.04. The smallest absolute Gasteiger partial charge is 0.333 e. The number of esters is 1. The van der Waals surface area contributed by atoms with E-state index in [1.807, 2.05) is 0 Å². The van der Waals surface area contributed by atoms with Crippen molar-refractivity contribution in [2.45, 2.75) is 79.0 Å². The molecule has 16 nitrogen and oxygen atoms in total. The number of aliphatic carboxylic acids is 1. The summed E-state index contributed by atoms with van der Waals surface area (Å²) in [6.45, 7) is 8.77. The molecule has 1 aromatic carbocycles. The maximum Gasteiger partial charge on any atom is 0.333 e. The fraction of sp³-hybridized carbons (Fsp3) is 0.548. The lowest BCUT2D eigenvalue weighted by atomic mass is 10.0. The zero-order valence-electron chi connectivity index (χ0n) is 28.7. The Balaban J connectivity index is -0.000000378. The first-order valence-corrected chi connectivity index (χ1v) is 14.1. The zero-order valence-corrected chi connectivity index (χ0v) is 28.7. The number of aliphatic hydroxyl groups excluding tert-OH is 1. The molecule has 16 heteroatoms. The Morgan fingerprint density at radius 1 is 1.02 bits per heavy atom. The highest BCUT2D eigenvalue weighted by atomic mass is 16.7. The fourth-order valence-electron chi connectivity index (χ4n) is 2.93. The van der Waals surface area contributed by atoms with Crippen molar-refractivity contribution in [3.05, 3.63) is 35.6 Å². The topological polar surface area (TPSA) is 236 Å². The van der Waals surface area contributed by atoms with Gasteiger partial charge in [0.05, 0.1) is 31.3 Å². The van der Waals surface area contributed by atoms with E-state index >= 15 is 0 Å². The molecule has 0 saturated carbocycles. The summed E-state index contributed by atoms with van der Waals surface area (Å²) in [6.07, 6.45) is 1.87. The van der Waals surface area contributed by atoms with Crippen molar-refractivity contribution in [1.29, 1.82) is 0 Å². The van der Waals surface area contributed by atoms with Gasteiger partial charge in [-0.2, -0.15) is 0 Å². The molecule has 47 heavy (non-hydrogen) atoms. The number of carboxylic acids is 1. The van der Waals surface area contributed by atoms with Gasteiger partial charge in [0.1, 0.15) is 18.3 Å². The Labute approximate surface area is 276 Å². The number of anilines is 1. The van der Waals surface area contributed by atoms with Crippen molar-refractivity contribution in [2.24, 2.45) is 5.73 Å². The molecular weight excluding hydrogens is 624 g/mol. The van der Waals surface area contributed by atoms with Crippen LogP contribution in [0.5, 0.6) is 5.75 Å². The van der Waals surface area contributed by atoms with Crippen LogP contribution in [0.3, 0.4) is 0 Å². The second-order valence-electron chi connectivity index (χ2n) is 8.47. The van der Waals surface area contributed by atoms with Gasteiger partial charge in [0.2, 0.25) is 12.2 Å². The summed E-state index contributed by atoms with van der Waals surface area (Å²) in [4.78, 5) is 60.0. The van der Waals surface area contributed by atoms with E-state index in [9.17, 15) is 24.3 Å². The van der Waals surface area contributed by atoms with Gasteiger partial charge in [-0.3, -0.25) is 14.4 Å². The van der Waals surface area contributed by atoms with Crippen LogP contribution in [0.25, 0.3) is 0 Å². The van der Waals surface area contributed by atoms with Gasteiger partial charge in [-0.25, -0.2) is 4.79 Å². The predicted octanol–water partition coefficient (Wildman–Crippen LogP) is 2.39. The molecule has 270 valence electrons. The first-order valence-electron chi connectivity index (χ1n) is 14.1. The first kappa shape index (κ1) is 49.7. The van der Waals surface area contributed by atoms with E-state index in [1.165, 1.54) is 35.0 Å². The van der Waals surface area contributed by atoms with Crippen LogP contribution < -0.4 is 15.8 Å². The van der Waals surface area contributed by atoms with E-state index in [0.29, 0.717) is 36.7 Å². The van der Waals surface area contributed by atoms with Crippen LogP contribution in [0.1, 0.15) is 59.4 Å². The van der Waals surface area contributed by atoms with Crippen molar-refractivity contribution in [1.82, 2.24) is 0 Å². The minimum absolute atomic E-state index is 0.167. The molecule has 2 rings (SSSR count). The minimum atomic E-state index is -1.07. The number of hydrogen-bond acceptors (Lipinski definition) is 14. The number of rotatable bonds is 11. The van der Waals surface area contributed by atoms with E-state index in [0.717, 1.165) is 25.2 Å². The Hall–Kier alpha value is -4.22. The number of allylic oxidation sites excluding steroid dienone is 2. The van der Waals surface area contributed by atoms with Gasteiger partial charge in [0.15, 0.2) is 6.10 Å². The fourth-order valence-corrected chi connectivity index (χ4v) is 2.93. The number of carbonyl (C=O) groups is 6. The standard InChI is InChI=1S/C18H26N2O7.C5H8O2.C3H6O2.2C2H4O.CH4O/c1-24-10-11-3-4-14(13(7-11)20-16(21)5-6-19)26-17-9-12(25-2)8-15(27-17)18(22)23;1-3-5(2)7-4-6;1-3(4)5-2;2*1-2-3;1-2/h3-4,7,12,15,17H,5-6,8-10,19H2,1-2H3,(H,20,21)(H,22,23);3-4H,1-2H3;1-2H3;2*2H,1H3;2H,1H3/b;5-3+;;;;. The summed E-state index contributed by atoms with van der Waals surface area (Å²) in [5.74, 6) is -0.567. The normalized spacial score (nSPS) is 15.8. The van der Waals surface area contributed by atoms with Gasteiger partial charge >= 0.3 is 11.9 Å². The molecule has 5 N–H and O–H groups in total. The van der Waals surface area contributed by atoms with Crippen LogP contribution in [0.4, 0.5) is 5.69 Å². The Morgan fingerprint density at radius 3 is 1.96 bits per heavy atom. The molecular formula is C31H52N2O14. The summed E-state index contributed by atoms with van der Waals surface area (Å²) >= 11 is 0. The largest absolute Gasteiger partial charge is 0.479 e. The highest BCUT2D eigenvalue weighted by molar-refractivity contribution is 5.92. The van der Waals surface area contributed by atoms with E-state index in [2.05, 4.69) is 14.8 Å². The summed E-state index contributed by atoms with van der Waals surface area (Å²) in [5.41, 5.74) is 6.71. The Morgan fingerprint density at radius 2 is 1.57 bits per heavy atom. The van der Waals surface area contributed by atoms with Crippen LogP contribution in [0.2, 0.25) is 0 Å². The number of aliphatic hydroxyl groups is 1. The van der Waals surface area contributed by atoms with Gasteiger partial charge in [0.25, 0.3) is 6.47 Å². The summed E-state index contributed by atoms with van der Waals surface area (Å²) in [5, 5.41) is 19.0. The van der Waals surface area contributed by atoms with Crippen molar-refractivity contribution in [3.63, 3.8) is 0 Å². The van der Waals surface area contributed by atoms with Crippen LogP contribution in [0, 0.1) is 0 Å². The molecule has 3 atom stereocenters. The average Bonchev–Trinajstić information content (AvgIpc) is 3.04. The van der Waals surface area contributed by atoms with E-state index in [-0.39, 0.29) is 37.4 Å². The number of benzene rings is 1. The highest BCUT2D eigenvalue weighted by Gasteiger charge is 2.35. The maximum atomic E-state index is 12.0. The summed E-state index contributed by atoms with van der Waals surface area (Å²) in [7, 11) is 5.44. The van der Waals surface area contributed by atoms with Gasteiger partial charge in [-0.1, -0.05) is 6.07 Å². The molecule has 1 saturated heterocycles. The van der Waals surface area contributed by atoms with Gasteiger partial charge in [0, 0.05) is 54.1 Å². The Bertz CT molecular complexity index is 1030. The molecule has 1 aliphatic rings. The number of methoxy groups -OCH3 is 3. The second-order valence-corrected chi connectivity index (χ2v) is 8.47. The minimum Gasteiger partial charge on any atom is -0.479 e. The first-order chi connectivity index (χ1) is 22.4. The molecule has 0 radical (unpaired) electrons. The van der Waals surface area contributed by atoms with Gasteiger partial charge in [-0.05, 0) is 51.5 Å². The number of ether oxygens (including phenoxy) is 6. The number of amides is 1. The molecule has 0 aliphatic carbocycles. The number of hydrogen-bond donors (Lipinski definition) is 4. The zero-order chi connectivity index (χ0) is 37.2. The van der Waals surface area contributed by atoms with Crippen molar-refractivity contribution in [3.8, 4) is 5.75 Å². The number of aldehydes is 2. The highest BCUT2D eigenvalue weighted by Crippen LogP contribution is 2.31. The van der Waals surface area contributed by atoms with Crippen molar-refractivity contribution >= 4 is 42.6 Å². The lowest BCUT2D eigenvalue weighted by Gasteiger charge is -2.33. The molecule has 0 aromatic heterocycles. The predicted molar refractivity (Wildman–Crippen MR) is 172 cm³/mol.